The molecule has 1 aromatic carbocycles. The smallest absolute Gasteiger partial charge is 0.321 e. The summed E-state index contributed by atoms with van der Waals surface area (Å²) in [4.78, 5) is 13.4. The molecule has 2 amide bonds. The summed E-state index contributed by atoms with van der Waals surface area (Å²) in [6, 6.07) is 9.90. The normalized spacial score (nSPS) is 13.2. The molecule has 20 heavy (non-hydrogen) atoms. The number of amides is 2. The summed E-state index contributed by atoms with van der Waals surface area (Å²) >= 11 is 0. The molecule has 5 nitrogen and oxygen atoms in total. The zero-order chi connectivity index (χ0) is 15.1. The second-order valence-electron chi connectivity index (χ2n) is 4.97. The standard InChI is InChI=1S/C15H22N4O/c1-11(9-16)10-19(4)15(20)18-14-7-5-13(6-8-14)12(2)17-3/h5-8,11-12,17H,10H2,1-4H3,(H,18,20). The molecule has 0 aliphatic carbocycles. The molecule has 0 radical (unpaired) electrons. The van der Waals surface area contributed by atoms with Crippen LogP contribution in [0.3, 0.4) is 0 Å². The van der Waals surface area contributed by atoms with E-state index in [-0.39, 0.29) is 18.0 Å². The first-order chi connectivity index (χ1) is 9.47. The van der Waals surface area contributed by atoms with Gasteiger partial charge in [0.2, 0.25) is 0 Å². The van der Waals surface area contributed by atoms with E-state index >= 15 is 0 Å². The molecule has 0 aromatic heterocycles. The van der Waals surface area contributed by atoms with E-state index in [1.165, 1.54) is 4.90 Å². The van der Waals surface area contributed by atoms with E-state index in [1.807, 2.05) is 31.3 Å². The van der Waals surface area contributed by atoms with E-state index in [0.29, 0.717) is 6.54 Å². The molecule has 0 heterocycles. The van der Waals surface area contributed by atoms with Gasteiger partial charge in [0, 0.05) is 25.3 Å². The third-order valence-electron chi connectivity index (χ3n) is 3.21. The van der Waals surface area contributed by atoms with E-state index < -0.39 is 0 Å². The lowest BCUT2D eigenvalue weighted by Gasteiger charge is -2.19. The van der Waals surface area contributed by atoms with Gasteiger partial charge in [-0.05, 0) is 38.6 Å². The lowest BCUT2D eigenvalue weighted by Crippen LogP contribution is -2.34. The number of carbonyl (C=O) groups is 1. The van der Waals surface area contributed by atoms with E-state index in [2.05, 4.69) is 23.6 Å². The van der Waals surface area contributed by atoms with Crippen molar-refractivity contribution in [3.8, 4) is 6.07 Å². The fraction of sp³-hybridized carbons (Fsp3) is 0.467. The number of nitriles is 1. The third kappa shape index (κ3) is 4.56. The van der Waals surface area contributed by atoms with Gasteiger partial charge < -0.3 is 15.5 Å². The summed E-state index contributed by atoms with van der Waals surface area (Å²) in [5, 5.41) is 14.7. The summed E-state index contributed by atoms with van der Waals surface area (Å²) in [5.74, 6) is -0.176. The minimum atomic E-state index is -0.207. The molecule has 1 aromatic rings. The van der Waals surface area contributed by atoms with Gasteiger partial charge in [0.25, 0.3) is 0 Å². The Labute approximate surface area is 120 Å². The van der Waals surface area contributed by atoms with Crippen molar-refractivity contribution in [1.82, 2.24) is 10.2 Å². The van der Waals surface area contributed by atoms with Crippen LogP contribution in [-0.4, -0.2) is 31.6 Å². The van der Waals surface area contributed by atoms with Crippen LogP contribution in [-0.2, 0) is 0 Å². The number of anilines is 1. The minimum Gasteiger partial charge on any atom is -0.326 e. The molecular formula is C15H22N4O. The van der Waals surface area contributed by atoms with Crippen LogP contribution < -0.4 is 10.6 Å². The predicted octanol–water partition coefficient (Wildman–Crippen LogP) is 2.59. The predicted molar refractivity (Wildman–Crippen MR) is 80.3 cm³/mol. The maximum absolute atomic E-state index is 11.9. The van der Waals surface area contributed by atoms with Gasteiger partial charge in [-0.3, -0.25) is 0 Å². The Morgan fingerprint density at radius 2 is 1.95 bits per heavy atom. The Morgan fingerprint density at radius 3 is 2.45 bits per heavy atom. The van der Waals surface area contributed by atoms with Crippen molar-refractivity contribution in [2.75, 3.05) is 26.0 Å². The Kier molecular flexibility index (Phi) is 6.01. The molecule has 0 fully saturated rings. The highest BCUT2D eigenvalue weighted by Crippen LogP contribution is 2.16. The average molecular weight is 274 g/mol. The molecule has 2 unspecified atom stereocenters. The van der Waals surface area contributed by atoms with Crippen molar-refractivity contribution in [2.24, 2.45) is 5.92 Å². The van der Waals surface area contributed by atoms with E-state index in [1.54, 1.807) is 14.0 Å². The third-order valence-corrected chi connectivity index (χ3v) is 3.21. The first-order valence-electron chi connectivity index (χ1n) is 6.67. The molecule has 5 heteroatoms. The monoisotopic (exact) mass is 274 g/mol. The Balaban J connectivity index is 2.60. The molecule has 1 rings (SSSR count). The minimum absolute atomic E-state index is 0.176. The van der Waals surface area contributed by atoms with Crippen molar-refractivity contribution < 1.29 is 4.79 Å². The summed E-state index contributed by atoms with van der Waals surface area (Å²) in [7, 11) is 3.59. The zero-order valence-electron chi connectivity index (χ0n) is 12.5. The number of urea groups is 1. The number of nitrogens with one attached hydrogen (secondary N) is 2. The van der Waals surface area contributed by atoms with E-state index in [9.17, 15) is 4.79 Å². The second kappa shape index (κ2) is 7.51. The van der Waals surface area contributed by atoms with Crippen molar-refractivity contribution in [1.29, 1.82) is 5.26 Å². The highest BCUT2D eigenvalue weighted by atomic mass is 16.2. The molecule has 0 spiro atoms. The number of hydrogen-bond acceptors (Lipinski definition) is 3. The van der Waals surface area contributed by atoms with Gasteiger partial charge in [0.15, 0.2) is 0 Å². The van der Waals surface area contributed by atoms with Crippen LogP contribution in [0.2, 0.25) is 0 Å². The van der Waals surface area contributed by atoms with Crippen molar-refractivity contribution in [3.05, 3.63) is 29.8 Å². The van der Waals surface area contributed by atoms with Crippen LogP contribution in [0.25, 0.3) is 0 Å². The molecule has 108 valence electrons. The van der Waals surface area contributed by atoms with Crippen molar-refractivity contribution in [3.63, 3.8) is 0 Å². The van der Waals surface area contributed by atoms with Gasteiger partial charge in [-0.25, -0.2) is 4.79 Å². The van der Waals surface area contributed by atoms with Gasteiger partial charge in [0.1, 0.15) is 0 Å². The summed E-state index contributed by atoms with van der Waals surface area (Å²) in [6.07, 6.45) is 0. The molecule has 0 saturated carbocycles. The molecular weight excluding hydrogens is 252 g/mol. The Morgan fingerprint density at radius 1 is 1.35 bits per heavy atom. The molecule has 0 aliphatic rings. The first kappa shape index (κ1) is 16.0. The van der Waals surface area contributed by atoms with E-state index in [4.69, 9.17) is 5.26 Å². The highest BCUT2D eigenvalue weighted by molar-refractivity contribution is 5.89. The topological polar surface area (TPSA) is 68.2 Å². The highest BCUT2D eigenvalue weighted by Gasteiger charge is 2.12. The SMILES string of the molecule is CNC(C)c1ccc(NC(=O)N(C)CC(C)C#N)cc1. The summed E-state index contributed by atoms with van der Waals surface area (Å²) in [6.45, 7) is 4.28. The van der Waals surface area contributed by atoms with Crippen LogP contribution >= 0.6 is 0 Å². The quantitative estimate of drug-likeness (QED) is 0.867. The molecule has 0 bridgehead atoms. The van der Waals surface area contributed by atoms with Crippen LogP contribution in [0.4, 0.5) is 10.5 Å². The molecule has 0 saturated heterocycles. The van der Waals surface area contributed by atoms with Crippen molar-refractivity contribution in [2.45, 2.75) is 19.9 Å². The van der Waals surface area contributed by atoms with Crippen LogP contribution in [0.5, 0.6) is 0 Å². The lowest BCUT2D eigenvalue weighted by molar-refractivity contribution is 0.219. The van der Waals surface area contributed by atoms with Crippen molar-refractivity contribution >= 4 is 11.7 Å². The number of benzene rings is 1. The maximum atomic E-state index is 11.9. The fourth-order valence-corrected chi connectivity index (χ4v) is 1.78. The average Bonchev–Trinajstić information content (AvgIpc) is 2.46. The Hall–Kier alpha value is -2.06. The molecule has 2 atom stereocenters. The van der Waals surface area contributed by atoms with Gasteiger partial charge in [-0.1, -0.05) is 12.1 Å². The zero-order valence-corrected chi connectivity index (χ0v) is 12.5. The van der Waals surface area contributed by atoms with E-state index in [0.717, 1.165) is 11.3 Å². The first-order valence-corrected chi connectivity index (χ1v) is 6.67. The fourth-order valence-electron chi connectivity index (χ4n) is 1.78. The maximum Gasteiger partial charge on any atom is 0.321 e. The Bertz CT molecular complexity index is 478. The van der Waals surface area contributed by atoms with Gasteiger partial charge in [0.05, 0.1) is 12.0 Å². The number of rotatable bonds is 5. The molecule has 2 N–H and O–H groups in total. The van der Waals surface area contributed by atoms with Gasteiger partial charge >= 0.3 is 6.03 Å². The summed E-state index contributed by atoms with van der Waals surface area (Å²) < 4.78 is 0. The summed E-state index contributed by atoms with van der Waals surface area (Å²) in [5.41, 5.74) is 1.91. The number of carbonyl (C=O) groups excluding carboxylic acids is 1. The number of hydrogen-bond donors (Lipinski definition) is 2. The number of nitrogens with zero attached hydrogens (tertiary/aromatic N) is 2. The van der Waals surface area contributed by atoms with Crippen LogP contribution in [0.1, 0.15) is 25.5 Å². The van der Waals surface area contributed by atoms with Gasteiger partial charge in [-0.15, -0.1) is 0 Å². The largest absolute Gasteiger partial charge is 0.326 e. The van der Waals surface area contributed by atoms with Crippen LogP contribution in [0.15, 0.2) is 24.3 Å². The lowest BCUT2D eigenvalue weighted by atomic mass is 10.1. The van der Waals surface area contributed by atoms with Gasteiger partial charge in [-0.2, -0.15) is 5.26 Å². The second-order valence-corrected chi connectivity index (χ2v) is 4.97. The van der Waals surface area contributed by atoms with Crippen LogP contribution in [0, 0.1) is 17.2 Å². The molecule has 0 aliphatic heterocycles.